The molecule has 0 spiro atoms. The van der Waals surface area contributed by atoms with Gasteiger partial charge in [-0.3, -0.25) is 14.5 Å². The van der Waals surface area contributed by atoms with Gasteiger partial charge >= 0.3 is 5.97 Å². The maximum absolute atomic E-state index is 12.8. The third-order valence-electron chi connectivity index (χ3n) is 4.91. The molecule has 0 bridgehead atoms. The number of nitrogens with zero attached hydrogens (tertiary/aromatic N) is 1. The summed E-state index contributed by atoms with van der Waals surface area (Å²) < 4.78 is 16.6. The molecule has 31 heavy (non-hydrogen) atoms. The first-order valence-corrected chi connectivity index (χ1v) is 10.7. The topological polar surface area (TPSA) is 114 Å². The molecule has 2 atom stereocenters. The van der Waals surface area contributed by atoms with Crippen LogP contribution in [0.15, 0.2) is 41.6 Å². The maximum atomic E-state index is 12.8. The predicted molar refractivity (Wildman–Crippen MR) is 115 cm³/mol. The lowest BCUT2D eigenvalue weighted by molar-refractivity contribution is -0.246. The number of aliphatic carboxylic acids is 1. The van der Waals surface area contributed by atoms with Gasteiger partial charge in [-0.2, -0.15) is 0 Å². The van der Waals surface area contributed by atoms with Crippen LogP contribution in [0.1, 0.15) is 19.4 Å². The van der Waals surface area contributed by atoms with E-state index in [1.165, 1.54) is 14.2 Å². The van der Waals surface area contributed by atoms with E-state index < -0.39 is 29.9 Å². The zero-order chi connectivity index (χ0) is 23.2. The van der Waals surface area contributed by atoms with E-state index in [1.807, 2.05) is 18.2 Å². The van der Waals surface area contributed by atoms with Crippen LogP contribution in [-0.2, 0) is 35.0 Å². The van der Waals surface area contributed by atoms with Crippen LogP contribution in [0.5, 0.6) is 0 Å². The van der Waals surface area contributed by atoms with Gasteiger partial charge < -0.3 is 24.6 Å². The minimum absolute atomic E-state index is 0.0766. The number of alkyl halides is 1. The highest BCUT2D eigenvalue weighted by Crippen LogP contribution is 2.30. The number of carbonyl (C=O) groups is 3. The summed E-state index contributed by atoms with van der Waals surface area (Å²) in [5, 5.41) is 12.5. The van der Waals surface area contributed by atoms with Crippen molar-refractivity contribution in [3.8, 4) is 0 Å². The fourth-order valence-electron chi connectivity index (χ4n) is 3.13. The second-order valence-electron chi connectivity index (χ2n) is 7.22. The number of carboxylic acid groups (broad SMARTS) is 1. The molecule has 0 saturated carbocycles. The summed E-state index contributed by atoms with van der Waals surface area (Å²) in [7, 11) is 2.88. The molecule has 0 aromatic heterocycles. The molecule has 1 aliphatic heterocycles. The standard InChI is InChI=1S/C21H27BrN2O7/c1-13(2)17(20(27)28)24-18(26)16(19(24)31-12-21(11-22,29-3)30-4)23-15(25)10-14-8-6-5-7-9-14/h5-9,16,19H,10-12H2,1-4H3,(H,23,25)(H,27,28)/t16-,19-/m1/s1. The van der Waals surface area contributed by atoms with Crippen molar-refractivity contribution < 1.29 is 33.7 Å². The molecule has 1 heterocycles. The SMILES string of the molecule is COC(CBr)(CO[C@@H]1[C@H](NC(=O)Cc2ccccc2)C(=O)N1C(C(=O)O)=C(C)C)OC. The van der Waals surface area contributed by atoms with E-state index in [1.54, 1.807) is 26.0 Å². The van der Waals surface area contributed by atoms with Crippen LogP contribution < -0.4 is 5.32 Å². The van der Waals surface area contributed by atoms with Gasteiger partial charge in [-0.25, -0.2) is 4.79 Å². The van der Waals surface area contributed by atoms with Crippen molar-refractivity contribution >= 4 is 33.7 Å². The fraction of sp³-hybridized carbons (Fsp3) is 0.476. The van der Waals surface area contributed by atoms with Gasteiger partial charge in [0.25, 0.3) is 5.91 Å². The summed E-state index contributed by atoms with van der Waals surface area (Å²) in [6, 6.07) is 8.03. The molecule has 1 aliphatic rings. The van der Waals surface area contributed by atoms with E-state index in [2.05, 4.69) is 21.2 Å². The Morgan fingerprint density at radius 2 is 1.81 bits per heavy atom. The Morgan fingerprint density at radius 1 is 1.19 bits per heavy atom. The van der Waals surface area contributed by atoms with Crippen LogP contribution in [0.2, 0.25) is 0 Å². The second-order valence-corrected chi connectivity index (χ2v) is 7.78. The first-order chi connectivity index (χ1) is 14.7. The number of nitrogens with one attached hydrogen (secondary N) is 1. The fourth-order valence-corrected chi connectivity index (χ4v) is 3.75. The highest BCUT2D eigenvalue weighted by Gasteiger charge is 2.53. The lowest BCUT2D eigenvalue weighted by atomic mass is 10.0. The summed E-state index contributed by atoms with van der Waals surface area (Å²) in [5.74, 6) is -3.35. The first kappa shape index (κ1) is 25.0. The van der Waals surface area contributed by atoms with Crippen LogP contribution in [0.4, 0.5) is 0 Å². The molecule has 1 saturated heterocycles. The van der Waals surface area contributed by atoms with Gasteiger partial charge in [0.1, 0.15) is 12.3 Å². The minimum atomic E-state index is -1.26. The molecule has 2 N–H and O–H groups in total. The maximum Gasteiger partial charge on any atom is 0.352 e. The van der Waals surface area contributed by atoms with Gasteiger partial charge in [-0.1, -0.05) is 46.3 Å². The number of likely N-dealkylation sites (tertiary alicyclic amines) is 1. The Hall–Kier alpha value is -2.27. The third kappa shape index (κ3) is 5.70. The summed E-state index contributed by atoms with van der Waals surface area (Å²) in [5.41, 5.74) is 1.02. The molecular weight excluding hydrogens is 472 g/mol. The molecule has 170 valence electrons. The van der Waals surface area contributed by atoms with E-state index >= 15 is 0 Å². The summed E-state index contributed by atoms with van der Waals surface area (Å²) in [4.78, 5) is 38.1. The van der Waals surface area contributed by atoms with Gasteiger partial charge in [0, 0.05) is 14.2 Å². The van der Waals surface area contributed by atoms with Crippen LogP contribution >= 0.6 is 15.9 Å². The smallest absolute Gasteiger partial charge is 0.352 e. The molecule has 1 aromatic carbocycles. The number of carbonyl (C=O) groups excluding carboxylic acids is 2. The molecule has 1 aromatic rings. The van der Waals surface area contributed by atoms with Crippen molar-refractivity contribution in [1.82, 2.24) is 10.2 Å². The number of allylic oxidation sites excluding steroid dienone is 1. The van der Waals surface area contributed by atoms with Crippen LogP contribution in [0.25, 0.3) is 0 Å². The van der Waals surface area contributed by atoms with E-state index in [0.29, 0.717) is 5.57 Å². The Bertz CT molecular complexity index is 827. The number of methoxy groups -OCH3 is 2. The Morgan fingerprint density at radius 3 is 2.29 bits per heavy atom. The van der Waals surface area contributed by atoms with Gasteiger partial charge in [-0.05, 0) is 25.0 Å². The third-order valence-corrected chi connectivity index (χ3v) is 5.76. The zero-order valence-electron chi connectivity index (χ0n) is 17.9. The zero-order valence-corrected chi connectivity index (χ0v) is 19.5. The number of amides is 2. The van der Waals surface area contributed by atoms with E-state index in [4.69, 9.17) is 14.2 Å². The van der Waals surface area contributed by atoms with Gasteiger partial charge in [-0.15, -0.1) is 0 Å². The number of carboxylic acids is 1. The van der Waals surface area contributed by atoms with Crippen LogP contribution in [0.3, 0.4) is 0 Å². The van der Waals surface area contributed by atoms with Crippen molar-refractivity contribution in [2.45, 2.75) is 38.3 Å². The summed E-state index contributed by atoms with van der Waals surface area (Å²) in [6.07, 6.45) is -0.954. The number of benzene rings is 1. The number of hydrogen-bond acceptors (Lipinski definition) is 6. The molecule has 2 rings (SSSR count). The van der Waals surface area contributed by atoms with Crippen LogP contribution in [0, 0.1) is 0 Å². The van der Waals surface area contributed by atoms with E-state index in [-0.39, 0.29) is 30.0 Å². The van der Waals surface area contributed by atoms with Gasteiger partial charge in [0.05, 0.1) is 11.8 Å². The molecule has 0 aliphatic carbocycles. The van der Waals surface area contributed by atoms with E-state index in [0.717, 1.165) is 10.5 Å². The normalized spacial score (nSPS) is 18.4. The molecule has 2 amide bonds. The molecular formula is C21H27BrN2O7. The van der Waals surface area contributed by atoms with Crippen molar-refractivity contribution in [3.63, 3.8) is 0 Å². The molecule has 0 unspecified atom stereocenters. The highest BCUT2D eigenvalue weighted by molar-refractivity contribution is 9.09. The van der Waals surface area contributed by atoms with Gasteiger partial charge in [0.2, 0.25) is 11.7 Å². The molecule has 10 heteroatoms. The quantitative estimate of drug-likeness (QED) is 0.206. The second kappa shape index (κ2) is 10.9. The average Bonchev–Trinajstić information content (AvgIpc) is 2.75. The average molecular weight is 499 g/mol. The Balaban J connectivity index is 2.22. The number of hydrogen-bond donors (Lipinski definition) is 2. The summed E-state index contributed by atoms with van der Waals surface area (Å²) >= 11 is 3.29. The molecule has 1 fully saturated rings. The largest absolute Gasteiger partial charge is 0.477 e. The number of β-lactam (4-membered cyclic amide) rings is 1. The minimum Gasteiger partial charge on any atom is -0.477 e. The van der Waals surface area contributed by atoms with Crippen molar-refractivity contribution in [2.75, 3.05) is 26.2 Å². The lowest BCUT2D eigenvalue weighted by Crippen LogP contribution is -2.72. The number of ether oxygens (including phenoxy) is 3. The van der Waals surface area contributed by atoms with E-state index in [9.17, 15) is 19.5 Å². The van der Waals surface area contributed by atoms with Gasteiger partial charge in [0.15, 0.2) is 12.3 Å². The highest BCUT2D eigenvalue weighted by atomic mass is 79.9. The predicted octanol–water partition coefficient (Wildman–Crippen LogP) is 1.66. The molecule has 0 radical (unpaired) electrons. The Labute approximate surface area is 189 Å². The number of rotatable bonds is 11. The number of halogens is 1. The van der Waals surface area contributed by atoms with Crippen molar-refractivity contribution in [1.29, 1.82) is 0 Å². The van der Waals surface area contributed by atoms with Crippen molar-refractivity contribution in [3.05, 3.63) is 47.2 Å². The first-order valence-electron chi connectivity index (χ1n) is 9.54. The van der Waals surface area contributed by atoms with Crippen molar-refractivity contribution in [2.24, 2.45) is 0 Å². The van der Waals surface area contributed by atoms with Crippen LogP contribution in [-0.4, -0.2) is 72.0 Å². The monoisotopic (exact) mass is 498 g/mol. The Kier molecular flexibility index (Phi) is 8.75. The summed E-state index contributed by atoms with van der Waals surface area (Å²) in [6.45, 7) is 3.06. The molecule has 9 nitrogen and oxygen atoms in total. The lowest BCUT2D eigenvalue weighted by Gasteiger charge is -2.47.